The van der Waals surface area contributed by atoms with Crippen molar-refractivity contribution in [2.45, 2.75) is 51.9 Å². The van der Waals surface area contributed by atoms with Gasteiger partial charge in [-0.25, -0.2) is 4.39 Å². The highest BCUT2D eigenvalue weighted by Crippen LogP contribution is 2.33. The fourth-order valence-corrected chi connectivity index (χ4v) is 4.36. The lowest BCUT2D eigenvalue weighted by Gasteiger charge is -2.44. The molecule has 1 atom stereocenters. The molecule has 2 aromatic carbocycles. The molecule has 1 aliphatic rings. The first-order valence-electron chi connectivity index (χ1n) is 11.3. The van der Waals surface area contributed by atoms with E-state index in [4.69, 9.17) is 4.74 Å². The third-order valence-electron chi connectivity index (χ3n) is 6.11. The number of benzene rings is 2. The van der Waals surface area contributed by atoms with Gasteiger partial charge in [-0.1, -0.05) is 30.3 Å². The second kappa shape index (κ2) is 9.35. The average molecular weight is 452 g/mol. The first kappa shape index (κ1) is 23.0. The summed E-state index contributed by atoms with van der Waals surface area (Å²) in [5.41, 5.74) is 0.938. The standard InChI is InChI=1S/C26H30FN3O3/c1-18(2)33-13-7-12-28-25(32)26(3)17-29-22-11-5-4-9-20(22)15-23(29)24(31)30(26)16-19-8-6-10-21(27)14-19/h4-6,8-11,14-15,18H,7,12-13,16-17H2,1-3H3,(H,28,32)/t26-/m1/s1. The minimum Gasteiger partial charge on any atom is -0.379 e. The van der Waals surface area contributed by atoms with Crippen LogP contribution in [0.15, 0.2) is 54.6 Å². The highest BCUT2D eigenvalue weighted by Gasteiger charge is 2.47. The Bertz CT molecular complexity index is 1170. The molecule has 4 rings (SSSR count). The lowest BCUT2D eigenvalue weighted by molar-refractivity contribution is -0.133. The van der Waals surface area contributed by atoms with Gasteiger partial charge in [-0.15, -0.1) is 0 Å². The summed E-state index contributed by atoms with van der Waals surface area (Å²) in [5.74, 6) is -0.856. The molecule has 3 aromatic rings. The molecule has 1 N–H and O–H groups in total. The van der Waals surface area contributed by atoms with Gasteiger partial charge in [-0.2, -0.15) is 0 Å². The summed E-state index contributed by atoms with van der Waals surface area (Å²) < 4.78 is 21.3. The van der Waals surface area contributed by atoms with Crippen molar-refractivity contribution in [2.75, 3.05) is 13.2 Å². The van der Waals surface area contributed by atoms with Gasteiger partial charge in [0.25, 0.3) is 5.91 Å². The Morgan fingerprint density at radius 2 is 1.97 bits per heavy atom. The molecule has 0 saturated carbocycles. The number of halogens is 1. The summed E-state index contributed by atoms with van der Waals surface area (Å²) >= 11 is 0. The predicted octanol–water partition coefficient (Wildman–Crippen LogP) is 4.13. The number of hydrogen-bond acceptors (Lipinski definition) is 3. The Labute approximate surface area is 193 Å². The molecule has 0 fully saturated rings. The topological polar surface area (TPSA) is 63.6 Å². The molecule has 2 amide bonds. The van der Waals surface area contributed by atoms with Crippen molar-refractivity contribution in [3.8, 4) is 0 Å². The zero-order valence-electron chi connectivity index (χ0n) is 19.3. The molecule has 174 valence electrons. The number of nitrogens with zero attached hydrogens (tertiary/aromatic N) is 2. The van der Waals surface area contributed by atoms with Gasteiger partial charge in [0.1, 0.15) is 17.1 Å². The van der Waals surface area contributed by atoms with Crippen molar-refractivity contribution in [1.29, 1.82) is 0 Å². The van der Waals surface area contributed by atoms with Gasteiger partial charge in [-0.05, 0) is 57.0 Å². The van der Waals surface area contributed by atoms with E-state index in [1.807, 2.05) is 48.7 Å². The molecule has 7 heteroatoms. The van der Waals surface area contributed by atoms with E-state index in [0.717, 1.165) is 10.9 Å². The number of nitrogens with one attached hydrogen (secondary N) is 1. The van der Waals surface area contributed by atoms with Crippen molar-refractivity contribution in [1.82, 2.24) is 14.8 Å². The monoisotopic (exact) mass is 451 g/mol. The molecule has 6 nitrogen and oxygen atoms in total. The number of para-hydroxylation sites is 1. The largest absolute Gasteiger partial charge is 0.379 e. The maximum atomic E-state index is 13.8. The normalized spacial score (nSPS) is 18.1. The smallest absolute Gasteiger partial charge is 0.271 e. The van der Waals surface area contributed by atoms with Crippen LogP contribution in [0, 0.1) is 5.82 Å². The van der Waals surface area contributed by atoms with Gasteiger partial charge >= 0.3 is 0 Å². The summed E-state index contributed by atoms with van der Waals surface area (Å²) in [6.07, 6.45) is 0.812. The number of carbonyl (C=O) groups excluding carboxylic acids is 2. The van der Waals surface area contributed by atoms with Crippen molar-refractivity contribution in [3.05, 3.63) is 71.7 Å². The van der Waals surface area contributed by atoms with E-state index < -0.39 is 5.54 Å². The predicted molar refractivity (Wildman–Crippen MR) is 125 cm³/mol. The van der Waals surface area contributed by atoms with E-state index in [-0.39, 0.29) is 30.3 Å². The number of amides is 2. The maximum Gasteiger partial charge on any atom is 0.271 e. The quantitative estimate of drug-likeness (QED) is 0.524. The fourth-order valence-electron chi connectivity index (χ4n) is 4.36. The molecule has 0 spiro atoms. The van der Waals surface area contributed by atoms with Crippen LogP contribution in [0.3, 0.4) is 0 Å². The van der Waals surface area contributed by atoms with E-state index in [1.54, 1.807) is 24.0 Å². The first-order valence-corrected chi connectivity index (χ1v) is 11.3. The lowest BCUT2D eigenvalue weighted by atomic mass is 9.93. The van der Waals surface area contributed by atoms with Crippen LogP contribution in [-0.4, -0.2) is 46.1 Å². The summed E-state index contributed by atoms with van der Waals surface area (Å²) in [7, 11) is 0. The fraction of sp³-hybridized carbons (Fsp3) is 0.385. The molecular formula is C26H30FN3O3. The van der Waals surface area contributed by atoms with Crippen LogP contribution >= 0.6 is 0 Å². The minimum atomic E-state index is -1.14. The Kier molecular flexibility index (Phi) is 6.51. The van der Waals surface area contributed by atoms with Gasteiger partial charge in [-0.3, -0.25) is 9.59 Å². The van der Waals surface area contributed by atoms with E-state index in [9.17, 15) is 14.0 Å². The Morgan fingerprint density at radius 1 is 1.18 bits per heavy atom. The zero-order valence-corrected chi connectivity index (χ0v) is 19.3. The van der Waals surface area contributed by atoms with E-state index in [1.165, 1.54) is 12.1 Å². The maximum absolute atomic E-state index is 13.8. The number of hydrogen-bond donors (Lipinski definition) is 1. The molecule has 2 heterocycles. The summed E-state index contributed by atoms with van der Waals surface area (Å²) in [6, 6.07) is 15.8. The molecule has 0 unspecified atom stereocenters. The molecule has 1 aliphatic heterocycles. The van der Waals surface area contributed by atoms with Crippen molar-refractivity contribution >= 4 is 22.7 Å². The Morgan fingerprint density at radius 3 is 2.73 bits per heavy atom. The van der Waals surface area contributed by atoms with Gasteiger partial charge in [0.2, 0.25) is 5.91 Å². The number of ether oxygens (including phenoxy) is 1. The highest BCUT2D eigenvalue weighted by atomic mass is 19.1. The number of carbonyl (C=O) groups is 2. The van der Waals surface area contributed by atoms with Gasteiger partial charge in [0.05, 0.1) is 12.6 Å². The van der Waals surface area contributed by atoms with Gasteiger partial charge < -0.3 is 19.5 Å². The second-order valence-electron chi connectivity index (χ2n) is 9.00. The first-order chi connectivity index (χ1) is 15.8. The minimum absolute atomic E-state index is 0.136. The lowest BCUT2D eigenvalue weighted by Crippen LogP contribution is -2.63. The SMILES string of the molecule is CC(C)OCCCNC(=O)[C@@]1(C)Cn2c(cc3ccccc32)C(=O)N1Cc1cccc(F)c1. The molecule has 1 aromatic heterocycles. The zero-order chi connectivity index (χ0) is 23.6. The van der Waals surface area contributed by atoms with Crippen LogP contribution in [0.1, 0.15) is 43.2 Å². The van der Waals surface area contributed by atoms with Crippen LogP contribution in [0.5, 0.6) is 0 Å². The summed E-state index contributed by atoms with van der Waals surface area (Å²) in [6.45, 7) is 7.16. The molecule has 0 saturated heterocycles. The Hall–Kier alpha value is -3.19. The molecular weight excluding hydrogens is 421 g/mol. The summed E-state index contributed by atoms with van der Waals surface area (Å²) in [4.78, 5) is 28.7. The van der Waals surface area contributed by atoms with Crippen molar-refractivity contribution in [2.24, 2.45) is 0 Å². The van der Waals surface area contributed by atoms with Crippen LogP contribution in [0.25, 0.3) is 10.9 Å². The molecule has 0 bridgehead atoms. The van der Waals surface area contributed by atoms with Crippen LogP contribution in [0.2, 0.25) is 0 Å². The third kappa shape index (κ3) is 4.64. The van der Waals surface area contributed by atoms with E-state index >= 15 is 0 Å². The van der Waals surface area contributed by atoms with E-state index in [2.05, 4.69) is 5.32 Å². The summed E-state index contributed by atoms with van der Waals surface area (Å²) in [5, 5.41) is 3.93. The van der Waals surface area contributed by atoms with Crippen molar-refractivity contribution in [3.63, 3.8) is 0 Å². The Balaban J connectivity index is 1.65. The van der Waals surface area contributed by atoms with Gasteiger partial charge in [0, 0.05) is 30.6 Å². The van der Waals surface area contributed by atoms with Crippen LogP contribution in [0.4, 0.5) is 4.39 Å². The molecule has 0 aliphatic carbocycles. The third-order valence-corrected chi connectivity index (χ3v) is 6.11. The van der Waals surface area contributed by atoms with E-state index in [0.29, 0.717) is 37.4 Å². The molecule has 33 heavy (non-hydrogen) atoms. The van der Waals surface area contributed by atoms with Crippen LogP contribution < -0.4 is 5.32 Å². The van der Waals surface area contributed by atoms with Crippen molar-refractivity contribution < 1.29 is 18.7 Å². The number of fused-ring (bicyclic) bond motifs is 3. The van der Waals surface area contributed by atoms with Gasteiger partial charge in [0.15, 0.2) is 0 Å². The number of rotatable bonds is 8. The second-order valence-corrected chi connectivity index (χ2v) is 9.00. The highest BCUT2D eigenvalue weighted by molar-refractivity contribution is 6.03. The number of aromatic nitrogens is 1. The molecule has 0 radical (unpaired) electrons. The van der Waals surface area contributed by atoms with Crippen LogP contribution in [-0.2, 0) is 22.6 Å². The average Bonchev–Trinajstić information content (AvgIpc) is 3.14.